The molecular weight excluding hydrogens is 366 g/mol. The lowest BCUT2D eigenvalue weighted by Gasteiger charge is -2.04. The monoisotopic (exact) mass is 368 g/mol. The summed E-state index contributed by atoms with van der Waals surface area (Å²) >= 11 is 11.6. The molecule has 120 valence electrons. The Balaban J connectivity index is 2.37. The van der Waals surface area contributed by atoms with Crippen LogP contribution >= 0.6 is 23.2 Å². The van der Waals surface area contributed by atoms with Crippen LogP contribution in [0, 0.1) is 29.1 Å². The van der Waals surface area contributed by atoms with Crippen molar-refractivity contribution in [1.29, 1.82) is 0 Å². The van der Waals surface area contributed by atoms with Crippen LogP contribution in [0.25, 0.3) is 22.6 Å². The second kappa shape index (κ2) is 5.24. The number of nitrogens with zero attached hydrogens (tertiary/aromatic N) is 1. The Bertz CT molecular complexity index is 944. The molecule has 0 radical (unpaired) electrons. The topological polar surface area (TPSA) is 52.0 Å². The van der Waals surface area contributed by atoms with Crippen LogP contribution in [0.5, 0.6) is 0 Å². The molecule has 1 heterocycles. The number of nitrogens with two attached hydrogens (primary N) is 1. The minimum atomic E-state index is -2.29. The Morgan fingerprint density at radius 3 is 2.00 bits per heavy atom. The molecule has 3 rings (SSSR count). The smallest absolute Gasteiger partial charge is 0.233 e. The minimum absolute atomic E-state index is 0.0254. The van der Waals surface area contributed by atoms with Gasteiger partial charge < -0.3 is 10.2 Å². The first-order valence-electron chi connectivity index (χ1n) is 5.79. The summed E-state index contributed by atoms with van der Waals surface area (Å²) in [6.45, 7) is 0. The number of oxazole rings is 1. The Kier molecular flexibility index (Phi) is 3.61. The highest BCUT2D eigenvalue weighted by molar-refractivity contribution is 6.42. The molecule has 23 heavy (non-hydrogen) atoms. The van der Waals surface area contributed by atoms with Gasteiger partial charge in [-0.2, -0.15) is 0 Å². The van der Waals surface area contributed by atoms with Crippen molar-refractivity contribution < 1.29 is 26.4 Å². The minimum Gasteiger partial charge on any atom is -0.436 e. The van der Waals surface area contributed by atoms with E-state index in [9.17, 15) is 22.0 Å². The van der Waals surface area contributed by atoms with Crippen molar-refractivity contribution in [3.63, 3.8) is 0 Å². The van der Waals surface area contributed by atoms with E-state index < -0.39 is 40.5 Å². The first kappa shape index (κ1) is 15.8. The third-order valence-corrected chi connectivity index (χ3v) is 3.73. The second-order valence-electron chi connectivity index (χ2n) is 4.40. The fraction of sp³-hybridized carbons (Fsp3) is 0. The number of nitrogen functional groups attached to an aromatic ring is 1. The summed E-state index contributed by atoms with van der Waals surface area (Å²) in [5.74, 6) is -11.5. The van der Waals surface area contributed by atoms with Crippen LogP contribution in [0.1, 0.15) is 0 Å². The molecule has 3 aromatic rings. The third kappa shape index (κ3) is 2.21. The molecule has 0 atom stereocenters. The van der Waals surface area contributed by atoms with Crippen molar-refractivity contribution in [3.05, 3.63) is 45.2 Å². The molecule has 0 fully saturated rings. The summed E-state index contributed by atoms with van der Waals surface area (Å²) < 4.78 is 72.1. The zero-order chi connectivity index (χ0) is 17.0. The number of aromatic nitrogens is 1. The quantitative estimate of drug-likeness (QED) is 0.282. The summed E-state index contributed by atoms with van der Waals surface area (Å²) in [4.78, 5) is 3.64. The number of hydrogen-bond donors (Lipinski definition) is 1. The largest absolute Gasteiger partial charge is 0.436 e. The Hall–Kier alpha value is -2.06. The predicted octanol–water partition coefficient (Wildman–Crippen LogP) is 5.08. The van der Waals surface area contributed by atoms with Crippen molar-refractivity contribution in [2.75, 3.05) is 5.73 Å². The first-order valence-corrected chi connectivity index (χ1v) is 6.55. The van der Waals surface area contributed by atoms with Gasteiger partial charge in [0.25, 0.3) is 0 Å². The zero-order valence-corrected chi connectivity index (χ0v) is 12.2. The molecule has 0 saturated carbocycles. The Morgan fingerprint density at radius 1 is 0.913 bits per heavy atom. The van der Waals surface area contributed by atoms with Gasteiger partial charge in [0, 0.05) is 6.07 Å². The van der Waals surface area contributed by atoms with Crippen LogP contribution in [0.4, 0.5) is 27.6 Å². The number of benzene rings is 2. The van der Waals surface area contributed by atoms with Crippen LogP contribution in [-0.2, 0) is 0 Å². The lowest BCUT2D eigenvalue weighted by molar-refractivity contribution is 0.379. The molecule has 3 nitrogen and oxygen atoms in total. The number of hydrogen-bond acceptors (Lipinski definition) is 3. The fourth-order valence-electron chi connectivity index (χ4n) is 1.91. The van der Waals surface area contributed by atoms with E-state index in [1.165, 1.54) is 0 Å². The van der Waals surface area contributed by atoms with Crippen LogP contribution < -0.4 is 5.73 Å². The van der Waals surface area contributed by atoms with Gasteiger partial charge in [-0.05, 0) is 0 Å². The molecule has 2 aromatic carbocycles. The molecule has 1 aromatic heterocycles. The van der Waals surface area contributed by atoms with E-state index in [0.717, 1.165) is 6.07 Å². The van der Waals surface area contributed by atoms with Crippen molar-refractivity contribution >= 4 is 40.0 Å². The van der Waals surface area contributed by atoms with Gasteiger partial charge in [-0.1, -0.05) is 23.2 Å². The molecule has 0 aliphatic rings. The normalized spacial score (nSPS) is 11.4. The van der Waals surface area contributed by atoms with Gasteiger partial charge in [0.05, 0.1) is 15.7 Å². The maximum absolute atomic E-state index is 13.8. The molecule has 2 N–H and O–H groups in total. The van der Waals surface area contributed by atoms with E-state index >= 15 is 0 Å². The molecule has 0 unspecified atom stereocenters. The standard InChI is InChI=1S/C13H3Cl2F5N2O/c14-2-1-3-12(5(15)11(2)21)22-13(23-3)4-6(16)8(18)10(20)9(19)7(4)17/h1H,21H2. The van der Waals surface area contributed by atoms with E-state index in [-0.39, 0.29) is 26.8 Å². The number of anilines is 1. The highest BCUT2D eigenvalue weighted by Gasteiger charge is 2.30. The molecule has 0 amide bonds. The highest BCUT2D eigenvalue weighted by Crippen LogP contribution is 2.38. The van der Waals surface area contributed by atoms with Gasteiger partial charge in [-0.3, -0.25) is 0 Å². The van der Waals surface area contributed by atoms with E-state index in [1.807, 2.05) is 0 Å². The van der Waals surface area contributed by atoms with Crippen molar-refractivity contribution in [3.8, 4) is 11.5 Å². The van der Waals surface area contributed by atoms with E-state index in [0.29, 0.717) is 0 Å². The summed E-state index contributed by atoms with van der Waals surface area (Å²) in [6, 6.07) is 1.15. The molecule has 0 spiro atoms. The Labute approximate surface area is 134 Å². The van der Waals surface area contributed by atoms with Crippen LogP contribution in [0.2, 0.25) is 10.0 Å². The van der Waals surface area contributed by atoms with Gasteiger partial charge in [-0.25, -0.2) is 26.9 Å². The molecule has 10 heteroatoms. The van der Waals surface area contributed by atoms with Crippen molar-refractivity contribution in [2.45, 2.75) is 0 Å². The Morgan fingerprint density at radius 2 is 1.43 bits per heavy atom. The van der Waals surface area contributed by atoms with Crippen LogP contribution in [0.15, 0.2) is 10.5 Å². The third-order valence-electron chi connectivity index (χ3n) is 3.04. The lowest BCUT2D eigenvalue weighted by Crippen LogP contribution is -2.04. The first-order chi connectivity index (χ1) is 10.7. The van der Waals surface area contributed by atoms with Gasteiger partial charge in [0.1, 0.15) is 11.1 Å². The fourth-order valence-corrected chi connectivity index (χ4v) is 2.39. The molecule has 0 bridgehead atoms. The SMILES string of the molecule is Nc1c(Cl)cc2oc(-c3c(F)c(F)c(F)c(F)c3F)nc2c1Cl. The van der Waals surface area contributed by atoms with Crippen LogP contribution in [0.3, 0.4) is 0 Å². The van der Waals surface area contributed by atoms with Crippen LogP contribution in [-0.4, -0.2) is 4.98 Å². The van der Waals surface area contributed by atoms with Crippen molar-refractivity contribution in [1.82, 2.24) is 4.98 Å². The van der Waals surface area contributed by atoms with Gasteiger partial charge >= 0.3 is 0 Å². The average molecular weight is 369 g/mol. The zero-order valence-electron chi connectivity index (χ0n) is 10.7. The molecular formula is C13H3Cl2F5N2O. The summed E-state index contributed by atoms with van der Waals surface area (Å²) in [6.07, 6.45) is 0. The maximum atomic E-state index is 13.8. The van der Waals surface area contributed by atoms with E-state index in [4.69, 9.17) is 33.4 Å². The summed E-state index contributed by atoms with van der Waals surface area (Å²) in [5.41, 5.74) is 3.91. The lowest BCUT2D eigenvalue weighted by atomic mass is 10.1. The number of halogens is 7. The summed E-state index contributed by atoms with van der Waals surface area (Å²) in [5, 5.41) is -0.200. The number of fused-ring (bicyclic) bond motifs is 1. The van der Waals surface area contributed by atoms with Gasteiger partial charge in [0.15, 0.2) is 28.9 Å². The maximum Gasteiger partial charge on any atom is 0.233 e. The molecule has 0 saturated heterocycles. The number of rotatable bonds is 1. The predicted molar refractivity (Wildman–Crippen MR) is 73.7 cm³/mol. The van der Waals surface area contributed by atoms with E-state index in [1.54, 1.807) is 0 Å². The van der Waals surface area contributed by atoms with Gasteiger partial charge in [-0.15, -0.1) is 0 Å². The van der Waals surface area contributed by atoms with Crippen molar-refractivity contribution in [2.24, 2.45) is 0 Å². The van der Waals surface area contributed by atoms with Gasteiger partial charge in [0.2, 0.25) is 11.7 Å². The molecule has 0 aliphatic carbocycles. The molecule has 0 aliphatic heterocycles. The highest BCUT2D eigenvalue weighted by atomic mass is 35.5. The van der Waals surface area contributed by atoms with E-state index in [2.05, 4.69) is 4.98 Å². The summed E-state index contributed by atoms with van der Waals surface area (Å²) in [7, 11) is 0. The second-order valence-corrected chi connectivity index (χ2v) is 5.18. The average Bonchev–Trinajstić information content (AvgIpc) is 2.92.